The Hall–Kier alpha value is -4.47. The maximum atomic E-state index is 13.4. The van der Waals surface area contributed by atoms with Gasteiger partial charge in [-0.3, -0.25) is 19.6 Å². The molecule has 0 bridgehead atoms. The predicted octanol–water partition coefficient (Wildman–Crippen LogP) is 4.36. The fourth-order valence-electron chi connectivity index (χ4n) is 4.63. The van der Waals surface area contributed by atoms with E-state index >= 15 is 0 Å². The van der Waals surface area contributed by atoms with E-state index < -0.39 is 23.2 Å². The molecular formula is C27H22F3N5O2. The van der Waals surface area contributed by atoms with E-state index in [1.807, 2.05) is 12.1 Å². The molecule has 1 atom stereocenters. The molecule has 2 amide bonds. The molecule has 188 valence electrons. The number of pyridine rings is 2. The number of aromatic nitrogens is 2. The second kappa shape index (κ2) is 8.88. The van der Waals surface area contributed by atoms with Crippen LogP contribution >= 0.6 is 0 Å². The summed E-state index contributed by atoms with van der Waals surface area (Å²) in [6, 6.07) is 14.7. The van der Waals surface area contributed by atoms with Gasteiger partial charge in [-0.05, 0) is 54.4 Å². The lowest BCUT2D eigenvalue weighted by molar-refractivity contribution is -0.137. The highest BCUT2D eigenvalue weighted by molar-refractivity contribution is 5.99. The van der Waals surface area contributed by atoms with Crippen molar-refractivity contribution >= 4 is 28.4 Å². The Morgan fingerprint density at radius 1 is 1.11 bits per heavy atom. The normalized spacial score (nSPS) is 14.6. The number of carbonyl (C=O) groups is 2. The van der Waals surface area contributed by atoms with E-state index in [-0.39, 0.29) is 23.7 Å². The van der Waals surface area contributed by atoms with Gasteiger partial charge in [-0.15, -0.1) is 0 Å². The summed E-state index contributed by atoms with van der Waals surface area (Å²) < 4.78 is 39.8. The molecule has 1 aliphatic heterocycles. The number of hydrogen-bond donors (Lipinski definition) is 3. The number of benzene rings is 2. The number of rotatable bonds is 5. The lowest BCUT2D eigenvalue weighted by Gasteiger charge is -2.32. The van der Waals surface area contributed by atoms with Gasteiger partial charge in [-0.1, -0.05) is 18.2 Å². The zero-order chi connectivity index (χ0) is 26.4. The van der Waals surface area contributed by atoms with Crippen molar-refractivity contribution in [2.45, 2.75) is 31.6 Å². The Labute approximate surface area is 209 Å². The van der Waals surface area contributed by atoms with Crippen molar-refractivity contribution in [1.29, 1.82) is 0 Å². The number of amides is 2. The number of carbonyl (C=O) groups excluding carboxylic acids is 2. The second-order valence-electron chi connectivity index (χ2n) is 9.21. The molecule has 0 spiro atoms. The lowest BCUT2D eigenvalue weighted by atomic mass is 9.86. The summed E-state index contributed by atoms with van der Waals surface area (Å²) in [4.78, 5) is 33.7. The lowest BCUT2D eigenvalue weighted by Crippen LogP contribution is -2.46. The maximum absolute atomic E-state index is 13.4. The van der Waals surface area contributed by atoms with Gasteiger partial charge in [0.2, 0.25) is 0 Å². The highest BCUT2D eigenvalue weighted by atomic mass is 19.4. The van der Waals surface area contributed by atoms with Gasteiger partial charge in [-0.2, -0.15) is 13.2 Å². The number of halogens is 3. The van der Waals surface area contributed by atoms with Crippen molar-refractivity contribution in [2.75, 3.05) is 5.73 Å². The third kappa shape index (κ3) is 4.69. The largest absolute Gasteiger partial charge is 0.417 e. The molecule has 3 heterocycles. The molecule has 0 aliphatic carbocycles. The molecule has 4 N–H and O–H groups in total. The average molecular weight is 506 g/mol. The first-order valence-electron chi connectivity index (χ1n) is 11.4. The number of nitrogens with zero attached hydrogens (tertiary/aromatic N) is 2. The Morgan fingerprint density at radius 2 is 1.92 bits per heavy atom. The smallest absolute Gasteiger partial charge is 0.397 e. The van der Waals surface area contributed by atoms with Gasteiger partial charge >= 0.3 is 6.18 Å². The number of nitrogens with one attached hydrogen (secondary N) is 2. The van der Waals surface area contributed by atoms with Crippen LogP contribution in [-0.2, 0) is 24.7 Å². The van der Waals surface area contributed by atoms with Crippen LogP contribution in [0.15, 0.2) is 67.0 Å². The van der Waals surface area contributed by atoms with Gasteiger partial charge in [0.25, 0.3) is 11.8 Å². The van der Waals surface area contributed by atoms with E-state index in [2.05, 4.69) is 20.6 Å². The highest BCUT2D eigenvalue weighted by Gasteiger charge is 2.37. The zero-order valence-corrected chi connectivity index (χ0v) is 19.7. The van der Waals surface area contributed by atoms with Crippen LogP contribution in [0.25, 0.3) is 10.9 Å². The molecule has 0 radical (unpaired) electrons. The van der Waals surface area contributed by atoms with Crippen molar-refractivity contribution < 1.29 is 22.8 Å². The third-order valence-electron chi connectivity index (χ3n) is 6.43. The summed E-state index contributed by atoms with van der Waals surface area (Å²) in [7, 11) is 0. The summed E-state index contributed by atoms with van der Waals surface area (Å²) >= 11 is 0. The molecule has 0 fully saturated rings. The first kappa shape index (κ1) is 24.2. The molecule has 2 aromatic carbocycles. The number of alkyl halides is 3. The van der Waals surface area contributed by atoms with E-state index in [1.54, 1.807) is 49.5 Å². The summed E-state index contributed by atoms with van der Waals surface area (Å²) in [6.45, 7) is 2.03. The van der Waals surface area contributed by atoms with Gasteiger partial charge in [-0.25, -0.2) is 0 Å². The van der Waals surface area contributed by atoms with Crippen molar-refractivity contribution in [3.63, 3.8) is 0 Å². The van der Waals surface area contributed by atoms with Crippen LogP contribution in [0.1, 0.15) is 50.0 Å². The molecule has 37 heavy (non-hydrogen) atoms. The van der Waals surface area contributed by atoms with E-state index in [4.69, 9.17) is 5.73 Å². The number of fused-ring (bicyclic) bond motifs is 2. The molecular weight excluding hydrogens is 483 g/mol. The number of nitrogens with two attached hydrogens (primary N) is 1. The fourth-order valence-corrected chi connectivity index (χ4v) is 4.63. The molecule has 4 aromatic rings. The van der Waals surface area contributed by atoms with E-state index in [9.17, 15) is 22.8 Å². The Balaban J connectivity index is 1.54. The van der Waals surface area contributed by atoms with Crippen LogP contribution in [0.2, 0.25) is 0 Å². The molecule has 7 nitrogen and oxygen atoms in total. The maximum Gasteiger partial charge on any atom is 0.417 e. The van der Waals surface area contributed by atoms with Crippen molar-refractivity contribution in [2.24, 2.45) is 0 Å². The van der Waals surface area contributed by atoms with Crippen LogP contribution in [0.4, 0.5) is 18.9 Å². The topological polar surface area (TPSA) is 110 Å². The Morgan fingerprint density at radius 3 is 2.68 bits per heavy atom. The summed E-state index contributed by atoms with van der Waals surface area (Å²) in [5, 5.41) is 6.46. The van der Waals surface area contributed by atoms with Gasteiger partial charge < -0.3 is 16.4 Å². The van der Waals surface area contributed by atoms with Gasteiger partial charge in [0.1, 0.15) is 0 Å². The SMILES string of the molecule is CC(Cc1ccc2c(c1)CNC2=O)(NC(=O)c1ccc2ncccc2c1)c1ncc(C(F)(F)F)cc1N. The highest BCUT2D eigenvalue weighted by Crippen LogP contribution is 2.35. The van der Waals surface area contributed by atoms with Crippen LogP contribution in [-0.4, -0.2) is 21.8 Å². The van der Waals surface area contributed by atoms with Gasteiger partial charge in [0, 0.05) is 41.9 Å². The van der Waals surface area contributed by atoms with Crippen LogP contribution in [0.3, 0.4) is 0 Å². The summed E-state index contributed by atoms with van der Waals surface area (Å²) in [5.74, 6) is -0.621. The van der Waals surface area contributed by atoms with Gasteiger partial charge in [0.05, 0.1) is 28.0 Å². The third-order valence-corrected chi connectivity index (χ3v) is 6.43. The molecule has 1 aliphatic rings. The van der Waals surface area contributed by atoms with Crippen molar-refractivity contribution in [3.05, 3.63) is 101 Å². The number of anilines is 1. The van der Waals surface area contributed by atoms with E-state index in [0.717, 1.165) is 28.1 Å². The number of nitrogen functional groups attached to an aromatic ring is 1. The monoisotopic (exact) mass is 505 g/mol. The predicted molar refractivity (Wildman–Crippen MR) is 132 cm³/mol. The van der Waals surface area contributed by atoms with Crippen LogP contribution in [0, 0.1) is 0 Å². The van der Waals surface area contributed by atoms with Crippen molar-refractivity contribution in [3.8, 4) is 0 Å². The minimum Gasteiger partial charge on any atom is -0.397 e. The zero-order valence-electron chi connectivity index (χ0n) is 19.7. The Kier molecular flexibility index (Phi) is 5.82. The van der Waals surface area contributed by atoms with Gasteiger partial charge in [0.15, 0.2) is 0 Å². The minimum absolute atomic E-state index is 0.103. The average Bonchev–Trinajstić information content (AvgIpc) is 3.22. The summed E-state index contributed by atoms with van der Waals surface area (Å²) in [6.07, 6.45) is -2.09. The van der Waals surface area contributed by atoms with Crippen LogP contribution < -0.4 is 16.4 Å². The molecule has 1 unspecified atom stereocenters. The molecule has 0 saturated heterocycles. The second-order valence-corrected chi connectivity index (χ2v) is 9.21. The molecule has 10 heteroatoms. The first-order valence-corrected chi connectivity index (χ1v) is 11.4. The minimum atomic E-state index is -4.61. The quantitative estimate of drug-likeness (QED) is 0.373. The van der Waals surface area contributed by atoms with Crippen molar-refractivity contribution in [1.82, 2.24) is 20.6 Å². The molecule has 2 aromatic heterocycles. The fraction of sp³-hybridized carbons (Fsp3) is 0.185. The number of hydrogen-bond acceptors (Lipinski definition) is 5. The summed E-state index contributed by atoms with van der Waals surface area (Å²) in [5.41, 5.74) is 6.91. The van der Waals surface area contributed by atoms with E-state index in [1.165, 1.54) is 0 Å². The molecule has 0 saturated carbocycles. The van der Waals surface area contributed by atoms with Crippen LogP contribution in [0.5, 0.6) is 0 Å². The standard InChI is InChI=1S/C27H22F3N5O2/c1-26(23-21(31)11-19(14-33-23)27(28,29)30,12-15-4-6-20-18(9-15)13-34-25(20)37)35-24(36)17-5-7-22-16(10-17)3-2-8-32-22/h2-11,14H,12-13,31H2,1H3,(H,34,37)(H,35,36). The van der Waals surface area contributed by atoms with E-state index in [0.29, 0.717) is 23.9 Å². The first-order chi connectivity index (χ1) is 17.5. The Bertz CT molecular complexity index is 1550. The molecule has 5 rings (SSSR count).